The van der Waals surface area contributed by atoms with Gasteiger partial charge in [-0.25, -0.2) is 0 Å². The largest absolute Gasteiger partial charge is 0.369 e. The number of piperazine rings is 2. The van der Waals surface area contributed by atoms with Crippen molar-refractivity contribution in [2.24, 2.45) is 0 Å². The first kappa shape index (κ1) is 24.2. The molecule has 6 rings (SSSR count). The monoisotopic (exact) mass is 495 g/mol. The van der Waals surface area contributed by atoms with Crippen molar-refractivity contribution in [3.63, 3.8) is 0 Å². The summed E-state index contributed by atoms with van der Waals surface area (Å²) in [4.78, 5) is 12.2. The van der Waals surface area contributed by atoms with Crippen LogP contribution in [0, 0.1) is 11.3 Å². The molecule has 2 aromatic carbocycles. The Kier molecular flexibility index (Phi) is 6.97. The summed E-state index contributed by atoms with van der Waals surface area (Å²) in [6, 6.07) is 21.1. The van der Waals surface area contributed by atoms with Crippen LogP contribution in [0.5, 0.6) is 0 Å². The zero-order chi connectivity index (χ0) is 25.2. The molecule has 0 aliphatic carbocycles. The molecule has 0 radical (unpaired) electrons. The molecule has 1 aromatic heterocycles. The van der Waals surface area contributed by atoms with E-state index in [0.29, 0.717) is 23.7 Å². The van der Waals surface area contributed by atoms with Crippen LogP contribution in [0.2, 0.25) is 0 Å². The van der Waals surface area contributed by atoms with Crippen LogP contribution < -0.4 is 20.4 Å². The van der Waals surface area contributed by atoms with Crippen LogP contribution >= 0.6 is 0 Å². The second-order valence-electron chi connectivity index (χ2n) is 10.8. The molecule has 0 amide bonds. The standard InChI is InChI=1S/C30H37N7/c1-22-20-36(29-9-6-24(18-31)30-28(29)3-2-11-33-30)21-27-17-25(10-14-37(22)27)34-19-23-4-7-26(8-5-23)35-15-12-32-13-16-35/h2-9,11,22,25,27,32,34H,10,12-17,19-21H2,1H3. The Labute approximate surface area is 220 Å². The van der Waals surface area contributed by atoms with Gasteiger partial charge in [0.1, 0.15) is 6.07 Å². The van der Waals surface area contributed by atoms with Crippen molar-refractivity contribution in [1.82, 2.24) is 20.5 Å². The zero-order valence-corrected chi connectivity index (χ0v) is 21.7. The highest BCUT2D eigenvalue weighted by Crippen LogP contribution is 2.33. The zero-order valence-electron chi connectivity index (χ0n) is 21.7. The van der Waals surface area contributed by atoms with Crippen molar-refractivity contribution in [1.29, 1.82) is 5.26 Å². The van der Waals surface area contributed by atoms with Crippen molar-refractivity contribution in [2.45, 2.75) is 44.4 Å². The summed E-state index contributed by atoms with van der Waals surface area (Å²) in [5, 5.41) is 17.9. The molecule has 37 heavy (non-hydrogen) atoms. The minimum atomic E-state index is 0.500. The van der Waals surface area contributed by atoms with E-state index in [9.17, 15) is 5.26 Å². The van der Waals surface area contributed by atoms with Gasteiger partial charge in [-0.2, -0.15) is 5.26 Å². The lowest BCUT2D eigenvalue weighted by Gasteiger charge is -2.50. The van der Waals surface area contributed by atoms with Crippen LogP contribution in [-0.4, -0.2) is 73.8 Å². The number of nitriles is 1. The van der Waals surface area contributed by atoms with Crippen LogP contribution in [0.15, 0.2) is 54.7 Å². The molecule has 192 valence electrons. The number of pyridine rings is 1. The maximum absolute atomic E-state index is 9.55. The third-order valence-electron chi connectivity index (χ3n) is 8.46. The first-order chi connectivity index (χ1) is 18.2. The normalized spacial score (nSPS) is 24.6. The molecule has 0 spiro atoms. The van der Waals surface area contributed by atoms with Crippen molar-refractivity contribution < 1.29 is 0 Å². The summed E-state index contributed by atoms with van der Waals surface area (Å²) in [6.07, 6.45) is 4.14. The number of anilines is 2. The van der Waals surface area contributed by atoms with Crippen molar-refractivity contribution in [2.75, 3.05) is 55.6 Å². The lowest BCUT2D eigenvalue weighted by molar-refractivity contribution is 0.0701. The average molecular weight is 496 g/mol. The second kappa shape index (κ2) is 10.7. The third kappa shape index (κ3) is 5.02. The van der Waals surface area contributed by atoms with E-state index in [4.69, 9.17) is 0 Å². The summed E-state index contributed by atoms with van der Waals surface area (Å²) in [5.74, 6) is 0. The molecule has 7 nitrogen and oxygen atoms in total. The number of aromatic nitrogens is 1. The van der Waals surface area contributed by atoms with Crippen molar-refractivity contribution in [3.05, 3.63) is 65.9 Å². The van der Waals surface area contributed by atoms with Crippen LogP contribution in [0.1, 0.15) is 30.9 Å². The summed E-state index contributed by atoms with van der Waals surface area (Å²) >= 11 is 0. The predicted octanol–water partition coefficient (Wildman–Crippen LogP) is 3.35. The fourth-order valence-corrected chi connectivity index (χ4v) is 6.50. The van der Waals surface area contributed by atoms with E-state index in [-0.39, 0.29) is 0 Å². The topological polar surface area (TPSA) is 70.5 Å². The smallest absolute Gasteiger partial charge is 0.101 e. The fourth-order valence-electron chi connectivity index (χ4n) is 6.50. The molecule has 3 unspecified atom stereocenters. The average Bonchev–Trinajstić information content (AvgIpc) is 2.96. The summed E-state index contributed by atoms with van der Waals surface area (Å²) < 4.78 is 0. The molecule has 0 saturated carbocycles. The molecule has 3 aliphatic rings. The van der Waals surface area contributed by atoms with Gasteiger partial charge in [-0.15, -0.1) is 0 Å². The first-order valence-electron chi connectivity index (χ1n) is 13.8. The van der Waals surface area contributed by atoms with E-state index >= 15 is 0 Å². The highest BCUT2D eigenvalue weighted by molar-refractivity contribution is 5.95. The molecule has 3 saturated heterocycles. The molecule has 3 aliphatic heterocycles. The van der Waals surface area contributed by atoms with E-state index in [0.717, 1.165) is 69.7 Å². The van der Waals surface area contributed by atoms with E-state index in [1.165, 1.54) is 23.4 Å². The predicted molar refractivity (Wildman–Crippen MR) is 150 cm³/mol. The number of benzene rings is 2. The maximum atomic E-state index is 9.55. The molecule has 4 heterocycles. The Morgan fingerprint density at radius 1 is 1.03 bits per heavy atom. The lowest BCUT2D eigenvalue weighted by Crippen LogP contribution is -2.62. The molecule has 3 aromatic rings. The Morgan fingerprint density at radius 3 is 2.68 bits per heavy atom. The maximum Gasteiger partial charge on any atom is 0.101 e. The molecule has 2 N–H and O–H groups in total. The van der Waals surface area contributed by atoms with Gasteiger partial charge in [0.25, 0.3) is 0 Å². The SMILES string of the molecule is CC1CN(c2ccc(C#N)c3ncccc23)CC2CC(NCc3ccc(N4CCNCC4)cc3)CCN12. The van der Waals surface area contributed by atoms with E-state index in [1.54, 1.807) is 6.20 Å². The summed E-state index contributed by atoms with van der Waals surface area (Å²) in [6.45, 7) is 10.7. The van der Waals surface area contributed by atoms with Gasteiger partial charge in [0.05, 0.1) is 11.1 Å². The highest BCUT2D eigenvalue weighted by Gasteiger charge is 2.37. The van der Waals surface area contributed by atoms with Gasteiger partial charge >= 0.3 is 0 Å². The molecule has 7 heteroatoms. The van der Waals surface area contributed by atoms with Crippen molar-refractivity contribution >= 4 is 22.3 Å². The molecular formula is C30H37N7. The Hall–Kier alpha value is -3.18. The molecule has 3 atom stereocenters. The van der Waals surface area contributed by atoms with Gasteiger partial charge in [0, 0.05) is 93.4 Å². The van der Waals surface area contributed by atoms with Gasteiger partial charge in [-0.1, -0.05) is 12.1 Å². The fraction of sp³-hybridized carbons (Fsp3) is 0.467. The number of piperidine rings is 1. The van der Waals surface area contributed by atoms with Crippen LogP contribution in [0.3, 0.4) is 0 Å². The van der Waals surface area contributed by atoms with Gasteiger partial charge in [-0.05, 0) is 61.7 Å². The van der Waals surface area contributed by atoms with Crippen LogP contribution in [0.25, 0.3) is 10.9 Å². The lowest BCUT2D eigenvalue weighted by atomic mass is 9.92. The quantitative estimate of drug-likeness (QED) is 0.563. The van der Waals surface area contributed by atoms with Crippen LogP contribution in [-0.2, 0) is 6.54 Å². The van der Waals surface area contributed by atoms with Crippen molar-refractivity contribution in [3.8, 4) is 6.07 Å². The number of hydrogen-bond donors (Lipinski definition) is 2. The van der Waals surface area contributed by atoms with E-state index in [2.05, 4.69) is 79.7 Å². The van der Waals surface area contributed by atoms with Crippen LogP contribution in [0.4, 0.5) is 11.4 Å². The molecule has 0 bridgehead atoms. The third-order valence-corrected chi connectivity index (χ3v) is 8.46. The Morgan fingerprint density at radius 2 is 1.86 bits per heavy atom. The van der Waals surface area contributed by atoms with E-state index < -0.39 is 0 Å². The first-order valence-corrected chi connectivity index (χ1v) is 13.8. The van der Waals surface area contributed by atoms with E-state index in [1.807, 2.05) is 12.1 Å². The Balaban J connectivity index is 1.11. The number of fused-ring (bicyclic) bond motifs is 2. The number of hydrogen-bond acceptors (Lipinski definition) is 7. The molecular weight excluding hydrogens is 458 g/mol. The van der Waals surface area contributed by atoms with Gasteiger partial charge < -0.3 is 20.4 Å². The van der Waals surface area contributed by atoms with Gasteiger partial charge in [0.2, 0.25) is 0 Å². The summed E-state index contributed by atoms with van der Waals surface area (Å²) in [7, 11) is 0. The Bertz CT molecular complexity index is 1260. The summed E-state index contributed by atoms with van der Waals surface area (Å²) in [5.41, 5.74) is 5.35. The van der Waals surface area contributed by atoms with Gasteiger partial charge in [0.15, 0.2) is 0 Å². The number of nitrogens with one attached hydrogen (secondary N) is 2. The minimum absolute atomic E-state index is 0.500. The number of rotatable bonds is 5. The van der Waals surface area contributed by atoms with Gasteiger partial charge in [-0.3, -0.25) is 9.88 Å². The highest BCUT2D eigenvalue weighted by atomic mass is 15.3. The minimum Gasteiger partial charge on any atom is -0.369 e. The molecule has 3 fully saturated rings. The number of nitrogens with zero attached hydrogens (tertiary/aromatic N) is 5. The second-order valence-corrected chi connectivity index (χ2v) is 10.8.